The molecule has 0 N–H and O–H groups in total. The Morgan fingerprint density at radius 2 is 1.70 bits per heavy atom. The van der Waals surface area contributed by atoms with Crippen LogP contribution in [0, 0.1) is 0 Å². The number of hydrogen-bond acceptors (Lipinski definition) is 4. The maximum atomic E-state index is 13.1. The molecule has 1 heterocycles. The quantitative estimate of drug-likeness (QED) is 0.508. The summed E-state index contributed by atoms with van der Waals surface area (Å²) in [5.41, 5.74) is 0.681. The number of para-hydroxylation sites is 1. The van der Waals surface area contributed by atoms with Gasteiger partial charge in [0.05, 0.1) is 10.9 Å². The number of carbonyl (C=O) groups is 1. The molecule has 0 aliphatic carbocycles. The van der Waals surface area contributed by atoms with Gasteiger partial charge in [0.2, 0.25) is 5.91 Å². The number of amides is 1. The fourth-order valence-corrected chi connectivity index (χ4v) is 3.50. The van der Waals surface area contributed by atoms with Crippen molar-refractivity contribution in [3.8, 4) is 0 Å². The first-order valence-electron chi connectivity index (χ1n) is 10.1. The van der Waals surface area contributed by atoms with E-state index in [1.807, 2.05) is 37.3 Å². The van der Waals surface area contributed by atoms with Crippen LogP contribution in [0.15, 0.2) is 64.2 Å². The number of methoxy groups -OCH3 is 1. The van der Waals surface area contributed by atoms with Crippen LogP contribution in [0.25, 0.3) is 10.9 Å². The molecule has 2 aromatic carbocycles. The van der Waals surface area contributed by atoms with Crippen LogP contribution in [-0.4, -0.2) is 40.2 Å². The summed E-state index contributed by atoms with van der Waals surface area (Å²) in [5, 5.41) is 0.424. The lowest BCUT2D eigenvalue weighted by molar-refractivity contribution is -0.132. The van der Waals surface area contributed by atoms with E-state index in [1.165, 1.54) is 9.13 Å². The standard InChI is InChI=1S/C23H27N3O4/c1-3-24(16-18-10-5-4-6-11-18)21(27)17-26-20-13-8-7-12-19(20)22(28)25(23(26)29)14-9-15-30-2/h4-8,10-13H,3,9,14-17H2,1-2H3. The Labute approximate surface area is 175 Å². The second-order valence-electron chi connectivity index (χ2n) is 7.08. The molecule has 0 saturated carbocycles. The number of carbonyl (C=O) groups excluding carboxylic acids is 1. The molecule has 3 rings (SSSR count). The van der Waals surface area contributed by atoms with Crippen LogP contribution in [0.5, 0.6) is 0 Å². The van der Waals surface area contributed by atoms with Gasteiger partial charge in [-0.1, -0.05) is 42.5 Å². The van der Waals surface area contributed by atoms with Crippen molar-refractivity contribution in [3.05, 3.63) is 81.0 Å². The Morgan fingerprint density at radius 1 is 1.00 bits per heavy atom. The van der Waals surface area contributed by atoms with Gasteiger partial charge in [-0.15, -0.1) is 0 Å². The Balaban J connectivity index is 1.96. The van der Waals surface area contributed by atoms with E-state index in [-0.39, 0.29) is 24.6 Å². The van der Waals surface area contributed by atoms with E-state index in [4.69, 9.17) is 4.74 Å². The molecule has 0 atom stereocenters. The van der Waals surface area contributed by atoms with Crippen LogP contribution in [0.1, 0.15) is 18.9 Å². The first kappa shape index (κ1) is 21.5. The first-order chi connectivity index (χ1) is 14.6. The van der Waals surface area contributed by atoms with Gasteiger partial charge in [-0.25, -0.2) is 4.79 Å². The molecule has 0 bridgehead atoms. The zero-order chi connectivity index (χ0) is 21.5. The zero-order valence-corrected chi connectivity index (χ0v) is 17.4. The molecule has 0 radical (unpaired) electrons. The molecule has 7 heteroatoms. The predicted molar refractivity (Wildman–Crippen MR) is 116 cm³/mol. The summed E-state index contributed by atoms with van der Waals surface area (Å²) in [4.78, 5) is 40.7. The molecule has 0 unspecified atom stereocenters. The van der Waals surface area contributed by atoms with Gasteiger partial charge in [0.25, 0.3) is 5.56 Å². The fraction of sp³-hybridized carbons (Fsp3) is 0.348. The summed E-state index contributed by atoms with van der Waals surface area (Å²) in [5.74, 6) is -0.171. The lowest BCUT2D eigenvalue weighted by atomic mass is 10.2. The molecule has 0 spiro atoms. The van der Waals surface area contributed by atoms with Crippen molar-refractivity contribution >= 4 is 16.8 Å². The number of nitrogens with zero attached hydrogens (tertiary/aromatic N) is 3. The number of aromatic nitrogens is 2. The van der Waals surface area contributed by atoms with Crippen LogP contribution in [0.2, 0.25) is 0 Å². The summed E-state index contributed by atoms with van der Waals surface area (Å²) in [6.07, 6.45) is 0.535. The number of likely N-dealkylation sites (N-methyl/N-ethyl adjacent to an activating group) is 1. The first-order valence-corrected chi connectivity index (χ1v) is 10.1. The van der Waals surface area contributed by atoms with Gasteiger partial charge in [-0.2, -0.15) is 0 Å². The Bertz CT molecular complexity index is 1120. The summed E-state index contributed by atoms with van der Waals surface area (Å²) in [6, 6.07) is 16.6. The monoisotopic (exact) mass is 409 g/mol. The van der Waals surface area contributed by atoms with E-state index in [9.17, 15) is 14.4 Å². The van der Waals surface area contributed by atoms with Crippen molar-refractivity contribution in [2.75, 3.05) is 20.3 Å². The van der Waals surface area contributed by atoms with Crippen molar-refractivity contribution < 1.29 is 9.53 Å². The van der Waals surface area contributed by atoms with Crippen molar-refractivity contribution in [2.45, 2.75) is 33.0 Å². The minimum Gasteiger partial charge on any atom is -0.385 e. The van der Waals surface area contributed by atoms with Gasteiger partial charge in [-0.3, -0.25) is 18.7 Å². The topological polar surface area (TPSA) is 73.5 Å². The van der Waals surface area contributed by atoms with E-state index < -0.39 is 5.69 Å². The smallest absolute Gasteiger partial charge is 0.331 e. The van der Waals surface area contributed by atoms with Crippen molar-refractivity contribution in [1.82, 2.24) is 14.0 Å². The molecule has 0 aliphatic heterocycles. The third-order valence-electron chi connectivity index (χ3n) is 5.11. The maximum Gasteiger partial charge on any atom is 0.331 e. The third-order valence-corrected chi connectivity index (χ3v) is 5.11. The summed E-state index contributed by atoms with van der Waals surface area (Å²) >= 11 is 0. The molecule has 1 amide bonds. The van der Waals surface area contributed by atoms with E-state index in [0.717, 1.165) is 5.56 Å². The largest absolute Gasteiger partial charge is 0.385 e. The average Bonchev–Trinajstić information content (AvgIpc) is 2.78. The van der Waals surface area contributed by atoms with Gasteiger partial charge < -0.3 is 9.64 Å². The Hall–Kier alpha value is -3.19. The van der Waals surface area contributed by atoms with E-state index >= 15 is 0 Å². The van der Waals surface area contributed by atoms with Crippen LogP contribution < -0.4 is 11.2 Å². The van der Waals surface area contributed by atoms with E-state index in [2.05, 4.69) is 0 Å². The molecule has 1 aromatic heterocycles. The Morgan fingerprint density at radius 3 is 2.40 bits per heavy atom. The number of ether oxygens (including phenoxy) is 1. The number of hydrogen-bond donors (Lipinski definition) is 0. The maximum absolute atomic E-state index is 13.1. The van der Waals surface area contributed by atoms with Crippen LogP contribution >= 0.6 is 0 Å². The van der Waals surface area contributed by atoms with Gasteiger partial charge in [0.1, 0.15) is 6.54 Å². The molecule has 3 aromatic rings. The highest BCUT2D eigenvalue weighted by Gasteiger charge is 2.18. The normalized spacial score (nSPS) is 11.0. The molecule has 0 saturated heterocycles. The Kier molecular flexibility index (Phi) is 7.19. The fourth-order valence-electron chi connectivity index (χ4n) is 3.50. The minimum absolute atomic E-state index is 0.120. The van der Waals surface area contributed by atoms with Gasteiger partial charge in [0, 0.05) is 33.4 Å². The summed E-state index contributed by atoms with van der Waals surface area (Å²) in [6.45, 7) is 3.46. The molecule has 0 aliphatic rings. The average molecular weight is 409 g/mol. The number of benzene rings is 2. The van der Waals surface area contributed by atoms with Crippen molar-refractivity contribution in [2.24, 2.45) is 0 Å². The second kappa shape index (κ2) is 10.0. The number of fused-ring (bicyclic) bond motifs is 1. The van der Waals surface area contributed by atoms with Crippen LogP contribution in [-0.2, 0) is 29.2 Å². The minimum atomic E-state index is -0.473. The highest BCUT2D eigenvalue weighted by atomic mass is 16.5. The lowest BCUT2D eigenvalue weighted by Crippen LogP contribution is -2.43. The molecule has 0 fully saturated rings. The molecule has 158 valence electrons. The highest BCUT2D eigenvalue weighted by molar-refractivity contribution is 5.81. The van der Waals surface area contributed by atoms with E-state index in [1.54, 1.807) is 36.3 Å². The van der Waals surface area contributed by atoms with Crippen molar-refractivity contribution in [1.29, 1.82) is 0 Å². The predicted octanol–water partition coefficient (Wildman–Crippen LogP) is 2.25. The second-order valence-corrected chi connectivity index (χ2v) is 7.08. The third kappa shape index (κ3) is 4.68. The van der Waals surface area contributed by atoms with E-state index in [0.29, 0.717) is 37.0 Å². The van der Waals surface area contributed by atoms with Gasteiger partial charge in [0.15, 0.2) is 0 Å². The molecule has 30 heavy (non-hydrogen) atoms. The van der Waals surface area contributed by atoms with Crippen molar-refractivity contribution in [3.63, 3.8) is 0 Å². The highest BCUT2D eigenvalue weighted by Crippen LogP contribution is 2.10. The SMILES string of the molecule is CCN(Cc1ccccc1)C(=O)Cn1c(=O)n(CCCOC)c(=O)c2ccccc21. The summed E-state index contributed by atoms with van der Waals surface area (Å²) in [7, 11) is 1.58. The molecular formula is C23H27N3O4. The zero-order valence-electron chi connectivity index (χ0n) is 17.4. The molecular weight excluding hydrogens is 382 g/mol. The number of rotatable bonds is 9. The van der Waals surface area contributed by atoms with Crippen LogP contribution in [0.3, 0.4) is 0 Å². The van der Waals surface area contributed by atoms with Gasteiger partial charge >= 0.3 is 5.69 Å². The molecule has 7 nitrogen and oxygen atoms in total. The lowest BCUT2D eigenvalue weighted by Gasteiger charge is -2.22. The van der Waals surface area contributed by atoms with Crippen LogP contribution in [0.4, 0.5) is 0 Å². The summed E-state index contributed by atoms with van der Waals surface area (Å²) < 4.78 is 7.64. The van der Waals surface area contributed by atoms with Gasteiger partial charge in [-0.05, 0) is 31.0 Å².